The van der Waals surface area contributed by atoms with Crippen molar-refractivity contribution in [1.29, 1.82) is 0 Å². The van der Waals surface area contributed by atoms with Gasteiger partial charge in [-0.2, -0.15) is 0 Å². The van der Waals surface area contributed by atoms with Crippen molar-refractivity contribution in [2.45, 2.75) is 43.9 Å². The topological polar surface area (TPSA) is 137 Å². The predicted molar refractivity (Wildman–Crippen MR) is 112 cm³/mol. The van der Waals surface area contributed by atoms with E-state index in [1.165, 1.54) is 29.6 Å². The summed E-state index contributed by atoms with van der Waals surface area (Å²) in [4.78, 5) is 21.1. The van der Waals surface area contributed by atoms with Crippen molar-refractivity contribution in [1.82, 2.24) is 9.29 Å². The number of aromatic nitrogens is 1. The first-order chi connectivity index (χ1) is 13.9. The first-order valence-electron chi connectivity index (χ1n) is 9.35. The second-order valence-electron chi connectivity index (χ2n) is 7.84. The SMILES string of the molecule is Cc1nc(C(=O)Nc2ccc(F)c([C@@]3(C)N=C(N)N(C)S(O)(O)C34CC4)c2)c(C)o1. The van der Waals surface area contributed by atoms with Crippen molar-refractivity contribution < 1.29 is 22.7 Å². The summed E-state index contributed by atoms with van der Waals surface area (Å²) in [7, 11) is -1.87. The quantitative estimate of drug-likeness (QED) is 0.578. The van der Waals surface area contributed by atoms with Crippen LogP contribution in [0.1, 0.15) is 47.5 Å². The summed E-state index contributed by atoms with van der Waals surface area (Å²) in [5.74, 6) is -0.423. The van der Waals surface area contributed by atoms with Crippen molar-refractivity contribution >= 4 is 28.3 Å². The zero-order chi connectivity index (χ0) is 22.1. The second-order valence-corrected chi connectivity index (χ2v) is 10.2. The van der Waals surface area contributed by atoms with Crippen LogP contribution >= 0.6 is 10.8 Å². The van der Waals surface area contributed by atoms with Crippen LogP contribution in [0.4, 0.5) is 10.1 Å². The normalized spacial score (nSPS) is 25.0. The maximum Gasteiger partial charge on any atom is 0.277 e. The van der Waals surface area contributed by atoms with Crippen LogP contribution in [0.5, 0.6) is 0 Å². The summed E-state index contributed by atoms with van der Waals surface area (Å²) in [6.45, 7) is 4.91. The number of halogens is 1. The number of aryl methyl sites for hydroxylation is 2. The second kappa shape index (κ2) is 6.43. The molecule has 0 bridgehead atoms. The number of guanidine groups is 1. The van der Waals surface area contributed by atoms with E-state index in [0.717, 1.165) is 0 Å². The van der Waals surface area contributed by atoms with E-state index in [0.29, 0.717) is 30.2 Å². The summed E-state index contributed by atoms with van der Waals surface area (Å²) in [5.41, 5.74) is 5.22. The molecule has 1 spiro atoms. The summed E-state index contributed by atoms with van der Waals surface area (Å²) in [5, 5.41) is 2.69. The van der Waals surface area contributed by atoms with Crippen LogP contribution < -0.4 is 11.1 Å². The van der Waals surface area contributed by atoms with Crippen molar-refractivity contribution in [2.75, 3.05) is 12.4 Å². The Labute approximate surface area is 174 Å². The fourth-order valence-electron chi connectivity index (χ4n) is 4.15. The van der Waals surface area contributed by atoms with Crippen LogP contribution in [0, 0.1) is 19.7 Å². The number of amides is 1. The number of nitrogens with two attached hydrogens (primary N) is 1. The molecule has 162 valence electrons. The zero-order valence-electron chi connectivity index (χ0n) is 17.1. The molecule has 9 nitrogen and oxygen atoms in total. The van der Waals surface area contributed by atoms with Gasteiger partial charge in [0.2, 0.25) is 5.96 Å². The lowest BCUT2D eigenvalue weighted by atomic mass is 9.86. The fourth-order valence-corrected chi connectivity index (χ4v) is 6.31. The Bertz CT molecular complexity index is 1080. The molecule has 4 rings (SSSR count). The first-order valence-corrected chi connectivity index (χ1v) is 10.9. The molecule has 1 aliphatic carbocycles. The Morgan fingerprint density at radius 3 is 2.60 bits per heavy atom. The van der Waals surface area contributed by atoms with Gasteiger partial charge in [-0.25, -0.2) is 18.7 Å². The third-order valence-electron chi connectivity index (χ3n) is 6.03. The highest BCUT2D eigenvalue weighted by Gasteiger charge is 2.70. The number of hydrogen-bond acceptors (Lipinski definition) is 8. The van der Waals surface area contributed by atoms with Gasteiger partial charge in [0.1, 0.15) is 21.9 Å². The zero-order valence-corrected chi connectivity index (χ0v) is 17.9. The van der Waals surface area contributed by atoms with E-state index in [2.05, 4.69) is 15.3 Å². The van der Waals surface area contributed by atoms with Gasteiger partial charge >= 0.3 is 0 Å². The molecule has 0 saturated heterocycles. The van der Waals surface area contributed by atoms with Gasteiger partial charge in [-0.3, -0.25) is 13.9 Å². The molecule has 2 heterocycles. The number of anilines is 1. The van der Waals surface area contributed by atoms with Crippen LogP contribution in [0.25, 0.3) is 0 Å². The molecule has 11 heteroatoms. The molecule has 0 radical (unpaired) electrons. The number of benzene rings is 1. The minimum Gasteiger partial charge on any atom is -0.445 e. The minimum atomic E-state index is -3.33. The lowest BCUT2D eigenvalue weighted by Gasteiger charge is -2.56. The predicted octanol–water partition coefficient (Wildman–Crippen LogP) is 3.36. The number of nitrogens with zero attached hydrogens (tertiary/aromatic N) is 3. The van der Waals surface area contributed by atoms with Crippen molar-refractivity contribution in [3.8, 4) is 0 Å². The monoisotopic (exact) mass is 437 g/mol. The minimum absolute atomic E-state index is 0.0856. The Morgan fingerprint density at radius 2 is 2.03 bits per heavy atom. The Morgan fingerprint density at radius 1 is 1.37 bits per heavy atom. The van der Waals surface area contributed by atoms with Crippen LogP contribution in [-0.4, -0.2) is 42.1 Å². The first kappa shape index (κ1) is 20.6. The van der Waals surface area contributed by atoms with Gasteiger partial charge in [0.05, 0.1) is 0 Å². The number of oxazole rings is 1. The standard InChI is InChI=1S/C19H24FN5O4S/c1-10-15(22-11(2)29-10)16(26)23-12-5-6-14(20)13(9-12)18(3)19(7-8-19)30(27,28)25(4)17(21)24-18/h5-6,9,27-28H,7-8H2,1-4H3,(H2,21,24)(H,23,26)/t18-/m1/s1. The molecular formula is C19H24FN5O4S. The maximum atomic E-state index is 15.0. The Balaban J connectivity index is 1.75. The summed E-state index contributed by atoms with van der Waals surface area (Å²) in [6.07, 6.45) is 0.917. The lowest BCUT2D eigenvalue weighted by Crippen LogP contribution is -2.55. The molecule has 1 fully saturated rings. The molecule has 1 saturated carbocycles. The Hall–Kier alpha value is -2.63. The maximum absolute atomic E-state index is 15.0. The molecule has 1 aromatic carbocycles. The largest absolute Gasteiger partial charge is 0.445 e. The lowest BCUT2D eigenvalue weighted by molar-refractivity contribution is 0.102. The van der Waals surface area contributed by atoms with E-state index >= 15 is 0 Å². The molecule has 30 heavy (non-hydrogen) atoms. The van der Waals surface area contributed by atoms with Gasteiger partial charge in [0.25, 0.3) is 5.91 Å². The van der Waals surface area contributed by atoms with E-state index in [1.54, 1.807) is 20.8 Å². The molecular weight excluding hydrogens is 413 g/mol. The summed E-state index contributed by atoms with van der Waals surface area (Å²) < 4.78 is 42.1. The molecule has 2 aliphatic rings. The number of carbonyl (C=O) groups excluding carboxylic acids is 1. The molecule has 1 amide bonds. The number of carbonyl (C=O) groups is 1. The van der Waals surface area contributed by atoms with Gasteiger partial charge in [-0.15, -0.1) is 10.8 Å². The van der Waals surface area contributed by atoms with Crippen LogP contribution in [-0.2, 0) is 5.54 Å². The highest BCUT2D eigenvalue weighted by atomic mass is 32.3. The number of hydrogen-bond donors (Lipinski definition) is 4. The van der Waals surface area contributed by atoms with Crippen LogP contribution in [0.2, 0.25) is 0 Å². The smallest absolute Gasteiger partial charge is 0.277 e. The van der Waals surface area contributed by atoms with Gasteiger partial charge in [-0.1, -0.05) is 0 Å². The van der Waals surface area contributed by atoms with Crippen LogP contribution in [0.15, 0.2) is 27.6 Å². The third-order valence-corrected chi connectivity index (χ3v) is 8.83. The number of rotatable bonds is 3. The highest BCUT2D eigenvalue weighted by molar-refractivity contribution is 8.24. The van der Waals surface area contributed by atoms with Gasteiger partial charge < -0.3 is 15.5 Å². The molecule has 0 unspecified atom stereocenters. The number of aliphatic imine (C=N–C) groups is 1. The average molecular weight is 437 g/mol. The van der Waals surface area contributed by atoms with Crippen molar-refractivity contribution in [3.63, 3.8) is 0 Å². The van der Waals surface area contributed by atoms with Crippen molar-refractivity contribution in [3.05, 3.63) is 46.9 Å². The van der Waals surface area contributed by atoms with E-state index in [-0.39, 0.29) is 17.2 Å². The molecule has 5 N–H and O–H groups in total. The van der Waals surface area contributed by atoms with Crippen LogP contribution in [0.3, 0.4) is 0 Å². The number of nitrogens with one attached hydrogen (secondary N) is 1. The highest BCUT2D eigenvalue weighted by Crippen LogP contribution is 2.76. The van der Waals surface area contributed by atoms with E-state index < -0.39 is 32.8 Å². The van der Waals surface area contributed by atoms with Gasteiger partial charge in [-0.05, 0) is 44.9 Å². The van der Waals surface area contributed by atoms with Gasteiger partial charge in [0.15, 0.2) is 11.6 Å². The van der Waals surface area contributed by atoms with E-state index in [1.807, 2.05) is 0 Å². The average Bonchev–Trinajstić information content (AvgIpc) is 3.42. The third kappa shape index (κ3) is 2.72. The van der Waals surface area contributed by atoms with Crippen molar-refractivity contribution in [2.24, 2.45) is 10.7 Å². The molecule has 1 atom stereocenters. The molecule has 1 aromatic heterocycles. The van der Waals surface area contributed by atoms with Gasteiger partial charge in [0, 0.05) is 25.2 Å². The Kier molecular flexibility index (Phi) is 4.42. The van der Waals surface area contributed by atoms with E-state index in [9.17, 15) is 18.3 Å². The summed E-state index contributed by atoms with van der Waals surface area (Å²) in [6, 6.07) is 4.08. The molecule has 1 aliphatic heterocycles. The fraction of sp³-hybridized carbons (Fsp3) is 0.421. The summed E-state index contributed by atoms with van der Waals surface area (Å²) >= 11 is 0. The van der Waals surface area contributed by atoms with E-state index in [4.69, 9.17) is 10.2 Å². The molecule has 2 aromatic rings.